The Bertz CT molecular complexity index is 570. The summed E-state index contributed by atoms with van der Waals surface area (Å²) in [5.41, 5.74) is 8.77. The molecule has 4 N–H and O–H groups in total. The highest BCUT2D eigenvalue weighted by atomic mass is 16.3. The van der Waals surface area contributed by atoms with Crippen molar-refractivity contribution in [3.05, 3.63) is 59.8 Å². The number of nitrogens with two attached hydrogens (primary N) is 1. The average molecular weight is 298 g/mol. The number of hydrogen-bond donors (Lipinski definition) is 3. The number of nitrogens with one attached hydrogen (secondary N) is 1. The lowest BCUT2D eigenvalue weighted by Gasteiger charge is -2.38. The molecule has 0 amide bonds. The molecule has 0 spiro atoms. The van der Waals surface area contributed by atoms with Crippen molar-refractivity contribution in [3.63, 3.8) is 0 Å². The second-order valence-corrected chi connectivity index (χ2v) is 6.66. The molecule has 118 valence electrons. The van der Waals surface area contributed by atoms with Crippen LogP contribution in [-0.4, -0.2) is 29.3 Å². The van der Waals surface area contributed by atoms with E-state index in [1.54, 1.807) is 0 Å². The van der Waals surface area contributed by atoms with Crippen molar-refractivity contribution < 1.29 is 5.11 Å². The first-order valence-electron chi connectivity index (χ1n) is 8.21. The fraction of sp³-hybridized carbons (Fsp3) is 0.474. The molecule has 3 rings (SSSR count). The van der Waals surface area contributed by atoms with Crippen molar-refractivity contribution in [1.82, 2.24) is 5.32 Å². The van der Waals surface area contributed by atoms with E-state index in [1.165, 1.54) is 5.57 Å². The van der Waals surface area contributed by atoms with Gasteiger partial charge in [-0.25, -0.2) is 0 Å². The van der Waals surface area contributed by atoms with Gasteiger partial charge in [-0.2, -0.15) is 0 Å². The van der Waals surface area contributed by atoms with Gasteiger partial charge in [-0.3, -0.25) is 0 Å². The molecular formula is C19H26N2O. The van der Waals surface area contributed by atoms with Gasteiger partial charge in [0, 0.05) is 30.0 Å². The standard InChI is InChI=1S/C19H26N2O/c1-12-9-10-15(11-18(12)22)13(2)21-17-8-4-6-14-5-3-7-16(20)19(14)17/h3-7,9-13,16-19,21-22H,8,20H2,1-2H3. The van der Waals surface area contributed by atoms with Gasteiger partial charge in [-0.05, 0) is 24.5 Å². The maximum absolute atomic E-state index is 10.0. The molecule has 0 aromatic heterocycles. The van der Waals surface area contributed by atoms with Crippen LogP contribution >= 0.6 is 0 Å². The Kier molecular flexibility index (Phi) is 4.48. The molecule has 0 saturated heterocycles. The molecule has 22 heavy (non-hydrogen) atoms. The molecule has 6 unspecified atom stereocenters. The van der Waals surface area contributed by atoms with E-state index in [4.69, 9.17) is 5.73 Å². The van der Waals surface area contributed by atoms with E-state index in [0.29, 0.717) is 12.0 Å². The van der Waals surface area contributed by atoms with Crippen LogP contribution in [0.2, 0.25) is 0 Å². The van der Waals surface area contributed by atoms with E-state index in [9.17, 15) is 5.11 Å². The van der Waals surface area contributed by atoms with E-state index in [-0.39, 0.29) is 24.1 Å². The second kappa shape index (κ2) is 6.37. The zero-order chi connectivity index (χ0) is 15.7. The van der Waals surface area contributed by atoms with Gasteiger partial charge in [0.1, 0.15) is 0 Å². The van der Waals surface area contributed by atoms with Crippen LogP contribution in [0.25, 0.3) is 0 Å². The first kappa shape index (κ1) is 15.5. The van der Waals surface area contributed by atoms with Gasteiger partial charge < -0.3 is 16.2 Å². The highest BCUT2D eigenvalue weighted by Crippen LogP contribution is 2.31. The smallest absolute Gasteiger partial charge is 0.0787 e. The second-order valence-electron chi connectivity index (χ2n) is 6.66. The maximum Gasteiger partial charge on any atom is 0.0787 e. The van der Waals surface area contributed by atoms with E-state index in [2.05, 4.69) is 54.8 Å². The Morgan fingerprint density at radius 1 is 1.32 bits per heavy atom. The molecule has 0 radical (unpaired) electrons. The molecule has 0 aromatic rings. The third kappa shape index (κ3) is 3.02. The van der Waals surface area contributed by atoms with Crippen LogP contribution in [0.5, 0.6) is 0 Å². The Labute approximate surface area is 133 Å². The Balaban J connectivity index is 1.72. The third-order valence-corrected chi connectivity index (χ3v) is 5.01. The number of rotatable bonds is 3. The number of hydrogen-bond acceptors (Lipinski definition) is 3. The lowest BCUT2D eigenvalue weighted by molar-refractivity contribution is 0.181. The zero-order valence-electron chi connectivity index (χ0n) is 13.3. The molecule has 0 heterocycles. The Hall–Kier alpha value is -1.42. The van der Waals surface area contributed by atoms with Crippen LogP contribution in [-0.2, 0) is 0 Å². The quantitative estimate of drug-likeness (QED) is 0.749. The fourth-order valence-electron chi connectivity index (χ4n) is 3.57. The number of aliphatic hydroxyl groups excluding tert-OH is 1. The first-order chi connectivity index (χ1) is 10.6. The summed E-state index contributed by atoms with van der Waals surface area (Å²) in [4.78, 5) is 0. The normalized spacial score (nSPS) is 38.3. The highest BCUT2D eigenvalue weighted by molar-refractivity contribution is 5.38. The van der Waals surface area contributed by atoms with E-state index in [1.807, 2.05) is 13.0 Å². The zero-order valence-corrected chi connectivity index (χ0v) is 13.3. The largest absolute Gasteiger partial charge is 0.388 e. The summed E-state index contributed by atoms with van der Waals surface area (Å²) < 4.78 is 0. The van der Waals surface area contributed by atoms with Gasteiger partial charge in [0.25, 0.3) is 0 Å². The molecule has 0 bridgehead atoms. The lowest BCUT2D eigenvalue weighted by Crippen LogP contribution is -2.50. The molecule has 3 aliphatic rings. The maximum atomic E-state index is 10.0. The fourth-order valence-corrected chi connectivity index (χ4v) is 3.57. The number of fused-ring (bicyclic) bond motifs is 1. The monoisotopic (exact) mass is 298 g/mol. The van der Waals surface area contributed by atoms with Gasteiger partial charge in [-0.15, -0.1) is 0 Å². The van der Waals surface area contributed by atoms with Crippen LogP contribution in [0.3, 0.4) is 0 Å². The van der Waals surface area contributed by atoms with Gasteiger partial charge in [0.2, 0.25) is 0 Å². The van der Waals surface area contributed by atoms with Gasteiger partial charge >= 0.3 is 0 Å². The average Bonchev–Trinajstić information content (AvgIpc) is 2.50. The van der Waals surface area contributed by atoms with Crippen molar-refractivity contribution in [2.75, 3.05) is 0 Å². The minimum atomic E-state index is -0.383. The van der Waals surface area contributed by atoms with Crippen LogP contribution < -0.4 is 11.1 Å². The number of aliphatic hydroxyl groups is 1. The summed E-state index contributed by atoms with van der Waals surface area (Å²) >= 11 is 0. The Morgan fingerprint density at radius 2 is 2.14 bits per heavy atom. The molecule has 6 atom stereocenters. The SMILES string of the molecule is CC(NC1CC=CC2=CC=CC(N)C21)C1=CC(O)C(C)C=C1. The summed E-state index contributed by atoms with van der Waals surface area (Å²) in [6, 6.07) is 0.599. The minimum Gasteiger partial charge on any atom is -0.388 e. The van der Waals surface area contributed by atoms with E-state index < -0.39 is 0 Å². The van der Waals surface area contributed by atoms with Crippen LogP contribution in [0.15, 0.2) is 59.8 Å². The molecule has 0 fully saturated rings. The molecule has 0 aromatic carbocycles. The van der Waals surface area contributed by atoms with Gasteiger partial charge in [0.15, 0.2) is 0 Å². The first-order valence-corrected chi connectivity index (χ1v) is 8.21. The third-order valence-electron chi connectivity index (χ3n) is 5.01. The predicted octanol–water partition coefficient (Wildman–Crippen LogP) is 2.23. The highest BCUT2D eigenvalue weighted by Gasteiger charge is 2.32. The topological polar surface area (TPSA) is 58.3 Å². The molecule has 0 aliphatic heterocycles. The molecule has 3 heteroatoms. The van der Waals surface area contributed by atoms with Crippen molar-refractivity contribution in [2.24, 2.45) is 17.6 Å². The predicted molar refractivity (Wildman–Crippen MR) is 91.2 cm³/mol. The number of allylic oxidation sites excluding steroid dienone is 3. The molecule has 3 aliphatic carbocycles. The summed E-state index contributed by atoms with van der Waals surface area (Å²) in [6.45, 7) is 4.19. The Morgan fingerprint density at radius 3 is 2.91 bits per heavy atom. The summed E-state index contributed by atoms with van der Waals surface area (Å²) in [5, 5.41) is 13.7. The summed E-state index contributed by atoms with van der Waals surface area (Å²) in [7, 11) is 0. The van der Waals surface area contributed by atoms with Gasteiger partial charge in [-0.1, -0.05) is 55.5 Å². The lowest BCUT2D eigenvalue weighted by atomic mass is 9.77. The van der Waals surface area contributed by atoms with Crippen molar-refractivity contribution in [3.8, 4) is 0 Å². The molecule has 0 saturated carbocycles. The van der Waals surface area contributed by atoms with Crippen molar-refractivity contribution in [1.29, 1.82) is 0 Å². The van der Waals surface area contributed by atoms with Crippen molar-refractivity contribution >= 4 is 0 Å². The van der Waals surface area contributed by atoms with Crippen LogP contribution in [0.1, 0.15) is 20.3 Å². The van der Waals surface area contributed by atoms with Crippen LogP contribution in [0.4, 0.5) is 0 Å². The summed E-state index contributed by atoms with van der Waals surface area (Å²) in [6.07, 6.45) is 17.5. The van der Waals surface area contributed by atoms with E-state index >= 15 is 0 Å². The minimum absolute atomic E-state index is 0.0659. The van der Waals surface area contributed by atoms with Crippen molar-refractivity contribution in [2.45, 2.75) is 44.5 Å². The van der Waals surface area contributed by atoms with Gasteiger partial charge in [0.05, 0.1) is 6.10 Å². The molecular weight excluding hydrogens is 272 g/mol. The van der Waals surface area contributed by atoms with Crippen LogP contribution in [0, 0.1) is 11.8 Å². The van der Waals surface area contributed by atoms with E-state index in [0.717, 1.165) is 12.0 Å². The summed E-state index contributed by atoms with van der Waals surface area (Å²) in [5.74, 6) is 0.523. The molecule has 3 nitrogen and oxygen atoms in total.